The molecule has 0 saturated carbocycles. The van der Waals surface area contributed by atoms with Gasteiger partial charge < -0.3 is 20.5 Å². The second kappa shape index (κ2) is 11.0. The lowest BCUT2D eigenvalue weighted by atomic mass is 9.98. The van der Waals surface area contributed by atoms with Crippen molar-refractivity contribution in [3.63, 3.8) is 0 Å². The summed E-state index contributed by atoms with van der Waals surface area (Å²) in [6.45, 7) is 4.59. The van der Waals surface area contributed by atoms with Crippen LogP contribution in [0.3, 0.4) is 0 Å². The number of sulfonamides is 1. The molecule has 3 rings (SSSR count). The van der Waals surface area contributed by atoms with E-state index in [1.807, 2.05) is 31.2 Å². The van der Waals surface area contributed by atoms with Crippen LogP contribution >= 0.6 is 0 Å². The van der Waals surface area contributed by atoms with Crippen molar-refractivity contribution in [1.82, 2.24) is 5.32 Å². The molecule has 1 aliphatic heterocycles. The van der Waals surface area contributed by atoms with Gasteiger partial charge in [0.15, 0.2) is 0 Å². The van der Waals surface area contributed by atoms with Crippen LogP contribution in [0, 0.1) is 6.92 Å². The van der Waals surface area contributed by atoms with Crippen molar-refractivity contribution < 1.29 is 23.1 Å². The van der Waals surface area contributed by atoms with Crippen molar-refractivity contribution in [1.29, 1.82) is 0 Å². The number of carbonyl (C=O) groups excluding carboxylic acids is 1. The molecule has 2 aromatic carbocycles. The average molecular weight is 476 g/mol. The van der Waals surface area contributed by atoms with Crippen LogP contribution in [0.15, 0.2) is 36.4 Å². The van der Waals surface area contributed by atoms with Crippen LogP contribution in [0.4, 0.5) is 11.4 Å². The number of nitrogens with one attached hydrogen (secondary N) is 3. The molecule has 1 heterocycles. The van der Waals surface area contributed by atoms with Crippen LogP contribution in [0.25, 0.3) is 0 Å². The van der Waals surface area contributed by atoms with Crippen LogP contribution in [-0.2, 0) is 27.7 Å². The highest BCUT2D eigenvalue weighted by atomic mass is 32.2. The number of amides is 1. The maximum atomic E-state index is 11.7. The van der Waals surface area contributed by atoms with Crippen LogP contribution in [0.2, 0.25) is 0 Å². The van der Waals surface area contributed by atoms with Gasteiger partial charge in [-0.25, -0.2) is 8.42 Å². The van der Waals surface area contributed by atoms with Gasteiger partial charge in [0.25, 0.3) is 0 Å². The van der Waals surface area contributed by atoms with Crippen molar-refractivity contribution >= 4 is 27.3 Å². The van der Waals surface area contributed by atoms with Crippen LogP contribution in [0.1, 0.15) is 36.5 Å². The highest BCUT2D eigenvalue weighted by Gasteiger charge is 2.21. The molecule has 2 unspecified atom stereocenters. The Labute approximate surface area is 195 Å². The number of hydrogen-bond acceptors (Lipinski definition) is 6. The number of anilines is 2. The number of fused-ring (bicyclic) bond motifs is 1. The third-order valence-electron chi connectivity index (χ3n) is 5.60. The topological polar surface area (TPSA) is 117 Å². The highest BCUT2D eigenvalue weighted by molar-refractivity contribution is 7.92. The normalized spacial score (nSPS) is 15.3. The second-order valence-electron chi connectivity index (χ2n) is 8.67. The Balaban J connectivity index is 1.41. The smallest absolute Gasteiger partial charge is 0.229 e. The number of carbonyl (C=O) groups is 1. The fourth-order valence-corrected chi connectivity index (χ4v) is 4.33. The zero-order chi connectivity index (χ0) is 24.0. The molecule has 1 aliphatic rings. The molecule has 0 bridgehead atoms. The molecule has 0 radical (unpaired) electrons. The summed E-state index contributed by atoms with van der Waals surface area (Å²) in [6.07, 6.45) is 3.24. The van der Waals surface area contributed by atoms with Crippen molar-refractivity contribution in [2.75, 3.05) is 29.4 Å². The summed E-state index contributed by atoms with van der Waals surface area (Å²) in [5, 5.41) is 16.6. The number of rotatable bonds is 11. The standard InChI is InChI=1S/C24H33N3O5S/c1-16-4-12-22(21-11-13-23(29)26-24(16)21)32-15-20(28)14-25-17(2)5-6-18-7-9-19(10-8-18)27-33(3,30)31/h4,7-10,12,17,20,25,27-28H,5-6,11,13-15H2,1-3H3,(H,26,29). The van der Waals surface area contributed by atoms with E-state index in [1.165, 1.54) is 0 Å². The predicted octanol–water partition coefficient (Wildman–Crippen LogP) is 2.60. The van der Waals surface area contributed by atoms with Gasteiger partial charge in [0.05, 0.1) is 11.9 Å². The Morgan fingerprint density at radius 3 is 2.58 bits per heavy atom. The first kappa shape index (κ1) is 25.0. The van der Waals surface area contributed by atoms with Gasteiger partial charge in [0.2, 0.25) is 15.9 Å². The molecular formula is C24H33N3O5S. The SMILES string of the molecule is Cc1ccc(OCC(O)CNC(C)CCc2ccc(NS(C)(=O)=O)cc2)c2c1NC(=O)CC2. The second-order valence-corrected chi connectivity index (χ2v) is 10.4. The minimum Gasteiger partial charge on any atom is -0.490 e. The van der Waals surface area contributed by atoms with Crippen LogP contribution in [-0.4, -0.2) is 51.0 Å². The van der Waals surface area contributed by atoms with E-state index in [1.54, 1.807) is 12.1 Å². The number of aliphatic hydroxyl groups excluding tert-OH is 1. The molecule has 0 aromatic heterocycles. The summed E-state index contributed by atoms with van der Waals surface area (Å²) in [7, 11) is -3.27. The first-order valence-electron chi connectivity index (χ1n) is 11.1. The van der Waals surface area contributed by atoms with Crippen molar-refractivity contribution in [2.45, 2.75) is 51.7 Å². The van der Waals surface area contributed by atoms with Gasteiger partial charge >= 0.3 is 0 Å². The third kappa shape index (κ3) is 7.73. The van der Waals surface area contributed by atoms with E-state index in [9.17, 15) is 18.3 Å². The first-order chi connectivity index (χ1) is 15.6. The summed E-state index contributed by atoms with van der Waals surface area (Å²) in [5.41, 5.74) is 4.48. The summed E-state index contributed by atoms with van der Waals surface area (Å²) >= 11 is 0. The number of aliphatic hydroxyl groups is 1. The maximum Gasteiger partial charge on any atom is 0.229 e. The molecule has 0 fully saturated rings. The lowest BCUT2D eigenvalue weighted by molar-refractivity contribution is -0.116. The van der Waals surface area contributed by atoms with Gasteiger partial charge in [-0.2, -0.15) is 0 Å². The van der Waals surface area contributed by atoms with Crippen LogP contribution in [0.5, 0.6) is 5.75 Å². The number of hydrogen-bond donors (Lipinski definition) is 4. The molecule has 0 saturated heterocycles. The molecule has 0 spiro atoms. The largest absolute Gasteiger partial charge is 0.490 e. The Morgan fingerprint density at radius 1 is 1.15 bits per heavy atom. The van der Waals surface area contributed by atoms with Gasteiger partial charge in [-0.1, -0.05) is 18.2 Å². The average Bonchev–Trinajstić information content (AvgIpc) is 2.76. The Kier molecular flexibility index (Phi) is 8.34. The Morgan fingerprint density at radius 2 is 1.88 bits per heavy atom. The first-order valence-corrected chi connectivity index (χ1v) is 13.0. The molecule has 33 heavy (non-hydrogen) atoms. The minimum absolute atomic E-state index is 0.0162. The fraction of sp³-hybridized carbons (Fsp3) is 0.458. The third-order valence-corrected chi connectivity index (χ3v) is 6.21. The van der Waals surface area contributed by atoms with E-state index in [0.717, 1.165) is 41.5 Å². The molecular weight excluding hydrogens is 442 g/mol. The zero-order valence-corrected chi connectivity index (χ0v) is 20.2. The number of aryl methyl sites for hydroxylation is 2. The van der Waals surface area contributed by atoms with Gasteiger partial charge in [-0.15, -0.1) is 0 Å². The van der Waals surface area contributed by atoms with Gasteiger partial charge in [0, 0.05) is 30.3 Å². The summed E-state index contributed by atoms with van der Waals surface area (Å²) in [5.74, 6) is 0.721. The minimum atomic E-state index is -3.27. The number of benzene rings is 2. The lowest BCUT2D eigenvalue weighted by Crippen LogP contribution is -2.37. The molecule has 4 N–H and O–H groups in total. The Hall–Kier alpha value is -2.62. The quantitative estimate of drug-likeness (QED) is 0.397. The van der Waals surface area contributed by atoms with Gasteiger partial charge in [-0.3, -0.25) is 9.52 Å². The molecule has 2 atom stereocenters. The Bertz CT molecular complexity index is 1070. The molecule has 9 heteroatoms. The predicted molar refractivity (Wildman–Crippen MR) is 130 cm³/mol. The molecule has 8 nitrogen and oxygen atoms in total. The molecule has 2 aromatic rings. The van der Waals surface area contributed by atoms with Gasteiger partial charge in [0.1, 0.15) is 18.5 Å². The molecule has 1 amide bonds. The molecule has 0 aliphatic carbocycles. The van der Waals surface area contributed by atoms with E-state index in [0.29, 0.717) is 30.8 Å². The maximum absolute atomic E-state index is 11.7. The van der Waals surface area contributed by atoms with Gasteiger partial charge in [-0.05, 0) is 62.4 Å². The van der Waals surface area contributed by atoms with E-state index in [4.69, 9.17) is 4.74 Å². The summed E-state index contributed by atoms with van der Waals surface area (Å²) < 4.78 is 30.9. The zero-order valence-electron chi connectivity index (χ0n) is 19.3. The lowest BCUT2D eigenvalue weighted by Gasteiger charge is -2.23. The molecule has 180 valence electrons. The van der Waals surface area contributed by atoms with E-state index < -0.39 is 16.1 Å². The number of ether oxygens (including phenoxy) is 1. The van der Waals surface area contributed by atoms with Crippen molar-refractivity contribution in [3.8, 4) is 5.75 Å². The van der Waals surface area contributed by atoms with Crippen molar-refractivity contribution in [2.24, 2.45) is 0 Å². The van der Waals surface area contributed by atoms with Crippen molar-refractivity contribution in [3.05, 3.63) is 53.1 Å². The van der Waals surface area contributed by atoms with E-state index in [2.05, 4.69) is 22.3 Å². The fourth-order valence-electron chi connectivity index (χ4n) is 3.76. The summed E-state index contributed by atoms with van der Waals surface area (Å²) in [6, 6.07) is 11.3. The highest BCUT2D eigenvalue weighted by Crippen LogP contribution is 2.34. The summed E-state index contributed by atoms with van der Waals surface area (Å²) in [4.78, 5) is 11.7. The van der Waals surface area contributed by atoms with Crippen LogP contribution < -0.4 is 20.1 Å². The monoisotopic (exact) mass is 475 g/mol. The van der Waals surface area contributed by atoms with E-state index in [-0.39, 0.29) is 18.6 Å². The van der Waals surface area contributed by atoms with E-state index >= 15 is 0 Å².